The quantitative estimate of drug-likeness (QED) is 0.586. The average Bonchev–Trinajstić information content (AvgIpc) is 2.21. The van der Waals surface area contributed by atoms with Gasteiger partial charge in [-0.1, -0.05) is 24.9 Å². The lowest BCUT2D eigenvalue weighted by Gasteiger charge is -2.07. The number of pyridine rings is 1. The molecular weight excluding hydrogens is 214 g/mol. The van der Waals surface area contributed by atoms with Crippen LogP contribution in [0.3, 0.4) is 0 Å². The van der Waals surface area contributed by atoms with Gasteiger partial charge in [0.2, 0.25) is 0 Å². The van der Waals surface area contributed by atoms with Crippen molar-refractivity contribution in [2.75, 3.05) is 0 Å². The number of carbonyl (C=O) groups excluding carboxylic acids is 1. The van der Waals surface area contributed by atoms with Gasteiger partial charge in [-0.2, -0.15) is 0 Å². The van der Waals surface area contributed by atoms with E-state index in [2.05, 4.69) is 4.98 Å². The Bertz CT molecular complexity index is 332. The number of esters is 1. The molecule has 0 aromatic carbocycles. The Kier molecular flexibility index (Phi) is 4.56. The molecule has 0 saturated heterocycles. The number of aryl methyl sites for hydroxylation is 1. The zero-order chi connectivity index (χ0) is 11.3. The summed E-state index contributed by atoms with van der Waals surface area (Å²) in [7, 11) is 0. The van der Waals surface area contributed by atoms with Crippen molar-refractivity contribution in [2.24, 2.45) is 0 Å². The Labute approximate surface area is 94.4 Å². The van der Waals surface area contributed by atoms with E-state index in [9.17, 15) is 4.79 Å². The number of hydrogen-bond donors (Lipinski definition) is 0. The molecule has 0 aliphatic rings. The summed E-state index contributed by atoms with van der Waals surface area (Å²) in [5.74, 6) is 0.120. The van der Waals surface area contributed by atoms with Gasteiger partial charge in [-0.25, -0.2) is 4.98 Å². The Morgan fingerprint density at radius 1 is 1.60 bits per heavy atom. The van der Waals surface area contributed by atoms with Crippen molar-refractivity contribution in [1.29, 1.82) is 0 Å². The molecule has 1 rings (SSSR count). The molecule has 0 aliphatic heterocycles. The van der Waals surface area contributed by atoms with Crippen LogP contribution in [0.25, 0.3) is 0 Å². The summed E-state index contributed by atoms with van der Waals surface area (Å²) in [4.78, 5) is 15.2. The van der Waals surface area contributed by atoms with Gasteiger partial charge < -0.3 is 4.74 Å². The second kappa shape index (κ2) is 5.71. The van der Waals surface area contributed by atoms with Crippen LogP contribution in [0, 0.1) is 6.92 Å². The number of halogens is 1. The summed E-state index contributed by atoms with van der Waals surface area (Å²) >= 11 is 5.82. The van der Waals surface area contributed by atoms with Crippen LogP contribution in [-0.2, 0) is 4.79 Å². The molecule has 0 N–H and O–H groups in total. The first kappa shape index (κ1) is 12.0. The molecule has 0 spiro atoms. The molecular formula is C11H14ClNO2. The largest absolute Gasteiger partial charge is 0.423 e. The van der Waals surface area contributed by atoms with Crippen molar-refractivity contribution in [3.05, 3.63) is 23.0 Å². The van der Waals surface area contributed by atoms with Gasteiger partial charge in [0.05, 0.1) is 0 Å². The summed E-state index contributed by atoms with van der Waals surface area (Å²) in [5.41, 5.74) is 0.819. The van der Waals surface area contributed by atoms with Crippen molar-refractivity contribution in [2.45, 2.75) is 33.1 Å². The number of aromatic nitrogens is 1. The van der Waals surface area contributed by atoms with Crippen molar-refractivity contribution in [3.63, 3.8) is 0 Å². The van der Waals surface area contributed by atoms with Crippen LogP contribution in [0.15, 0.2) is 12.3 Å². The molecule has 0 fully saturated rings. The third kappa shape index (κ3) is 3.51. The molecule has 3 nitrogen and oxygen atoms in total. The smallest absolute Gasteiger partial charge is 0.311 e. The van der Waals surface area contributed by atoms with Gasteiger partial charge in [0.25, 0.3) is 0 Å². The van der Waals surface area contributed by atoms with E-state index in [0.29, 0.717) is 12.2 Å². The molecule has 1 aromatic heterocycles. The number of ether oxygens (including phenoxy) is 1. The summed E-state index contributed by atoms with van der Waals surface area (Å²) in [6.07, 6.45) is 3.80. The van der Waals surface area contributed by atoms with E-state index in [-0.39, 0.29) is 11.1 Å². The highest BCUT2D eigenvalue weighted by Crippen LogP contribution is 2.25. The molecule has 82 valence electrons. The Balaban J connectivity index is 2.68. The summed E-state index contributed by atoms with van der Waals surface area (Å²) in [5, 5.41) is 0.236. The van der Waals surface area contributed by atoms with Gasteiger partial charge in [-0.3, -0.25) is 4.79 Å². The second-order valence-electron chi connectivity index (χ2n) is 3.33. The minimum absolute atomic E-state index is 0.236. The molecule has 4 heteroatoms. The van der Waals surface area contributed by atoms with Gasteiger partial charge >= 0.3 is 5.97 Å². The van der Waals surface area contributed by atoms with Crippen LogP contribution in [0.4, 0.5) is 0 Å². The lowest BCUT2D eigenvalue weighted by Crippen LogP contribution is -2.09. The molecule has 0 unspecified atom stereocenters. The van der Waals surface area contributed by atoms with Gasteiger partial charge in [-0.15, -0.1) is 0 Å². The second-order valence-corrected chi connectivity index (χ2v) is 3.68. The maximum atomic E-state index is 11.4. The number of unbranched alkanes of at least 4 members (excludes halogenated alkanes) is 1. The van der Waals surface area contributed by atoms with Crippen LogP contribution in [0.2, 0.25) is 5.15 Å². The van der Waals surface area contributed by atoms with E-state index < -0.39 is 0 Å². The number of rotatable bonds is 4. The fraction of sp³-hybridized carbons (Fsp3) is 0.455. The third-order valence-corrected chi connectivity index (χ3v) is 2.28. The molecule has 0 atom stereocenters. The predicted molar refractivity (Wildman–Crippen MR) is 59.1 cm³/mol. The standard InChI is InChI=1S/C11H14ClNO2/c1-3-4-5-9(14)15-10-8(2)6-7-13-11(10)12/h6-7H,3-5H2,1-2H3. The first-order valence-corrected chi connectivity index (χ1v) is 5.34. The zero-order valence-electron chi connectivity index (χ0n) is 8.92. The normalized spacial score (nSPS) is 10.1. The van der Waals surface area contributed by atoms with Crippen LogP contribution >= 0.6 is 11.6 Å². The maximum absolute atomic E-state index is 11.4. The minimum Gasteiger partial charge on any atom is -0.423 e. The molecule has 1 aromatic rings. The fourth-order valence-corrected chi connectivity index (χ4v) is 1.36. The van der Waals surface area contributed by atoms with E-state index in [1.165, 1.54) is 0 Å². The third-order valence-electron chi connectivity index (χ3n) is 2.01. The van der Waals surface area contributed by atoms with Crippen LogP contribution < -0.4 is 4.74 Å². The topological polar surface area (TPSA) is 39.2 Å². The van der Waals surface area contributed by atoms with Crippen LogP contribution in [0.1, 0.15) is 31.7 Å². The number of hydrogen-bond acceptors (Lipinski definition) is 3. The minimum atomic E-state index is -0.255. The van der Waals surface area contributed by atoms with E-state index in [4.69, 9.17) is 16.3 Å². The summed E-state index contributed by atoms with van der Waals surface area (Å²) in [6, 6.07) is 1.76. The molecule has 0 amide bonds. The van der Waals surface area contributed by atoms with Gasteiger partial charge in [0, 0.05) is 12.6 Å². The molecule has 0 aliphatic carbocycles. The zero-order valence-corrected chi connectivity index (χ0v) is 9.67. The van der Waals surface area contributed by atoms with Gasteiger partial charge in [0.15, 0.2) is 10.9 Å². The predicted octanol–water partition coefficient (Wildman–Crippen LogP) is 3.14. The monoisotopic (exact) mass is 227 g/mol. The average molecular weight is 228 g/mol. The fourth-order valence-electron chi connectivity index (χ4n) is 1.12. The Morgan fingerprint density at radius 3 is 2.93 bits per heavy atom. The van der Waals surface area contributed by atoms with Crippen molar-refractivity contribution in [3.8, 4) is 5.75 Å². The highest BCUT2D eigenvalue weighted by Gasteiger charge is 2.10. The van der Waals surface area contributed by atoms with E-state index in [1.807, 2.05) is 13.8 Å². The molecule has 0 saturated carbocycles. The van der Waals surface area contributed by atoms with Crippen molar-refractivity contribution in [1.82, 2.24) is 4.98 Å². The molecule has 0 radical (unpaired) electrons. The van der Waals surface area contributed by atoms with Gasteiger partial charge in [0.1, 0.15) is 0 Å². The first-order valence-electron chi connectivity index (χ1n) is 4.97. The van der Waals surface area contributed by atoms with E-state index >= 15 is 0 Å². The summed E-state index contributed by atoms with van der Waals surface area (Å²) < 4.78 is 5.14. The lowest BCUT2D eigenvalue weighted by atomic mass is 10.2. The SMILES string of the molecule is CCCCC(=O)Oc1c(C)ccnc1Cl. The van der Waals surface area contributed by atoms with Crippen LogP contribution in [0.5, 0.6) is 5.75 Å². The van der Waals surface area contributed by atoms with Gasteiger partial charge in [-0.05, 0) is 25.0 Å². The highest BCUT2D eigenvalue weighted by molar-refractivity contribution is 6.31. The molecule has 0 bridgehead atoms. The molecule has 1 heterocycles. The highest BCUT2D eigenvalue weighted by atomic mass is 35.5. The first-order chi connectivity index (χ1) is 7.15. The Hall–Kier alpha value is -1.09. The van der Waals surface area contributed by atoms with Crippen molar-refractivity contribution >= 4 is 17.6 Å². The van der Waals surface area contributed by atoms with Crippen molar-refractivity contribution < 1.29 is 9.53 Å². The van der Waals surface area contributed by atoms with Crippen LogP contribution in [-0.4, -0.2) is 11.0 Å². The Morgan fingerprint density at radius 2 is 2.33 bits per heavy atom. The molecule has 15 heavy (non-hydrogen) atoms. The van der Waals surface area contributed by atoms with E-state index in [0.717, 1.165) is 18.4 Å². The summed E-state index contributed by atoms with van der Waals surface area (Å²) in [6.45, 7) is 3.85. The maximum Gasteiger partial charge on any atom is 0.311 e. The number of nitrogens with zero attached hydrogens (tertiary/aromatic N) is 1. The van der Waals surface area contributed by atoms with E-state index in [1.54, 1.807) is 12.3 Å². The lowest BCUT2D eigenvalue weighted by molar-refractivity contribution is -0.134. The number of carbonyl (C=O) groups is 1.